The molecule has 9 nitrogen and oxygen atoms in total. The molecule has 3 aromatic rings. The number of aryl methyl sites for hydroxylation is 2. The fourth-order valence-corrected chi connectivity index (χ4v) is 3.56. The van der Waals surface area contributed by atoms with E-state index < -0.39 is 10.7 Å². The van der Waals surface area contributed by atoms with E-state index in [2.05, 4.69) is 36.2 Å². The van der Waals surface area contributed by atoms with Crippen LogP contribution in [0.1, 0.15) is 25.3 Å². The molecule has 0 saturated carbocycles. The van der Waals surface area contributed by atoms with Gasteiger partial charge in [-0.3, -0.25) is 19.5 Å². The molecule has 0 unspecified atom stereocenters. The summed E-state index contributed by atoms with van der Waals surface area (Å²) in [5.41, 5.74) is 2.86. The molecular weight excluding hydrogens is 400 g/mol. The second-order valence-electron chi connectivity index (χ2n) is 7.25. The van der Waals surface area contributed by atoms with Gasteiger partial charge in [-0.15, -0.1) is 0 Å². The van der Waals surface area contributed by atoms with E-state index in [1.165, 1.54) is 28.3 Å². The van der Waals surface area contributed by atoms with Crippen LogP contribution in [-0.2, 0) is 11.3 Å². The number of nitrogens with one attached hydrogen (secondary N) is 1. The summed E-state index contributed by atoms with van der Waals surface area (Å²) in [6, 6.07) is 12.2. The van der Waals surface area contributed by atoms with E-state index in [0.29, 0.717) is 31.6 Å². The maximum Gasteiger partial charge on any atom is 0.419 e. The highest BCUT2D eigenvalue weighted by Gasteiger charge is 2.14. The normalized spacial score (nSPS) is 10.9. The molecule has 0 aliphatic carbocycles. The van der Waals surface area contributed by atoms with E-state index in [1.54, 1.807) is 0 Å². The van der Waals surface area contributed by atoms with Crippen molar-refractivity contribution in [2.24, 2.45) is 0 Å². The van der Waals surface area contributed by atoms with Gasteiger partial charge >= 0.3 is 5.76 Å². The van der Waals surface area contributed by atoms with Crippen LogP contribution >= 0.6 is 0 Å². The van der Waals surface area contributed by atoms with Gasteiger partial charge in [0, 0.05) is 44.4 Å². The van der Waals surface area contributed by atoms with Gasteiger partial charge in [-0.2, -0.15) is 0 Å². The zero-order valence-electron chi connectivity index (χ0n) is 17.7. The number of benzene rings is 2. The minimum absolute atomic E-state index is 0.0858. The summed E-state index contributed by atoms with van der Waals surface area (Å²) < 4.78 is 6.49. The fourth-order valence-electron chi connectivity index (χ4n) is 3.56. The topological polar surface area (TPSA) is 111 Å². The SMILES string of the molecule is CCN(CCNC(=O)CCCn1c(=O)oc2cc([N+](=O)[O-])ccc21)c1ccccc1C. The van der Waals surface area contributed by atoms with Crippen LogP contribution < -0.4 is 16.0 Å². The van der Waals surface area contributed by atoms with Crippen LogP contribution in [-0.4, -0.2) is 35.0 Å². The number of amides is 1. The van der Waals surface area contributed by atoms with Crippen LogP contribution in [0.5, 0.6) is 0 Å². The number of anilines is 1. The zero-order chi connectivity index (χ0) is 22.4. The lowest BCUT2D eigenvalue weighted by atomic mass is 10.2. The van der Waals surface area contributed by atoms with Gasteiger partial charge in [0.1, 0.15) is 0 Å². The number of carbonyl (C=O) groups excluding carboxylic acids is 1. The highest BCUT2D eigenvalue weighted by molar-refractivity contribution is 5.76. The molecule has 0 atom stereocenters. The van der Waals surface area contributed by atoms with Gasteiger partial charge in [0.05, 0.1) is 16.5 Å². The minimum Gasteiger partial charge on any atom is -0.407 e. The molecule has 31 heavy (non-hydrogen) atoms. The smallest absolute Gasteiger partial charge is 0.407 e. The number of oxazole rings is 1. The van der Waals surface area contributed by atoms with E-state index in [9.17, 15) is 19.7 Å². The highest BCUT2D eigenvalue weighted by atomic mass is 16.6. The predicted octanol–water partition coefficient (Wildman–Crippen LogP) is 3.23. The van der Waals surface area contributed by atoms with Crippen molar-refractivity contribution in [2.75, 3.05) is 24.5 Å². The van der Waals surface area contributed by atoms with Crippen LogP contribution in [0, 0.1) is 17.0 Å². The van der Waals surface area contributed by atoms with E-state index in [1.807, 2.05) is 12.1 Å². The molecule has 1 heterocycles. The third-order valence-corrected chi connectivity index (χ3v) is 5.19. The monoisotopic (exact) mass is 426 g/mol. The van der Waals surface area contributed by atoms with Crippen molar-refractivity contribution in [2.45, 2.75) is 33.2 Å². The second-order valence-corrected chi connectivity index (χ2v) is 7.25. The number of carbonyl (C=O) groups is 1. The predicted molar refractivity (Wildman–Crippen MR) is 118 cm³/mol. The summed E-state index contributed by atoms with van der Waals surface area (Å²) in [6.07, 6.45) is 0.717. The number of rotatable bonds is 10. The van der Waals surface area contributed by atoms with E-state index in [4.69, 9.17) is 4.42 Å². The summed E-state index contributed by atoms with van der Waals surface area (Å²) >= 11 is 0. The first-order valence-electron chi connectivity index (χ1n) is 10.3. The van der Waals surface area contributed by atoms with Gasteiger partial charge in [0.2, 0.25) is 5.91 Å². The van der Waals surface area contributed by atoms with Crippen LogP contribution in [0.25, 0.3) is 11.1 Å². The largest absolute Gasteiger partial charge is 0.419 e. The van der Waals surface area contributed by atoms with Crippen molar-refractivity contribution in [3.05, 3.63) is 68.7 Å². The molecule has 0 fully saturated rings. The molecule has 1 aromatic heterocycles. The Hall–Kier alpha value is -3.62. The lowest BCUT2D eigenvalue weighted by Gasteiger charge is -2.25. The first-order valence-corrected chi connectivity index (χ1v) is 10.3. The Morgan fingerprint density at radius 2 is 2.03 bits per heavy atom. The number of nitro groups is 1. The van der Waals surface area contributed by atoms with Crippen molar-refractivity contribution < 1.29 is 14.1 Å². The Morgan fingerprint density at radius 3 is 2.74 bits per heavy atom. The average Bonchev–Trinajstić information content (AvgIpc) is 3.06. The molecule has 1 amide bonds. The molecule has 0 aliphatic rings. The quantitative estimate of drug-likeness (QED) is 0.394. The Balaban J connectivity index is 1.49. The number of hydrogen-bond acceptors (Lipinski definition) is 6. The maximum atomic E-state index is 12.2. The molecule has 0 saturated heterocycles. The fraction of sp³-hybridized carbons (Fsp3) is 0.364. The standard InChI is InChI=1S/C22H26N4O5/c1-3-24(18-8-5-4-7-16(18)2)14-12-23-21(27)9-6-13-25-19-11-10-17(26(29)30)15-20(19)31-22(25)28/h4-5,7-8,10-11,15H,3,6,9,12-14H2,1-2H3,(H,23,27). The molecule has 9 heteroatoms. The molecule has 164 valence electrons. The first kappa shape index (κ1) is 22.1. The van der Waals surface area contributed by atoms with Gasteiger partial charge in [0.15, 0.2) is 5.58 Å². The second kappa shape index (κ2) is 9.92. The number of para-hydroxylation sites is 1. The molecule has 1 N–H and O–H groups in total. The van der Waals surface area contributed by atoms with Gasteiger partial charge < -0.3 is 14.6 Å². The van der Waals surface area contributed by atoms with Gasteiger partial charge in [-0.05, 0) is 38.0 Å². The van der Waals surface area contributed by atoms with Gasteiger partial charge in [0.25, 0.3) is 5.69 Å². The van der Waals surface area contributed by atoms with E-state index in [0.717, 1.165) is 12.2 Å². The maximum absolute atomic E-state index is 12.2. The molecule has 0 bridgehead atoms. The van der Waals surface area contributed by atoms with Gasteiger partial charge in [-0.1, -0.05) is 18.2 Å². The number of aromatic nitrogens is 1. The number of non-ortho nitro benzene ring substituents is 1. The zero-order valence-corrected chi connectivity index (χ0v) is 17.7. The van der Waals surface area contributed by atoms with E-state index >= 15 is 0 Å². The summed E-state index contributed by atoms with van der Waals surface area (Å²) in [6.45, 7) is 6.51. The van der Waals surface area contributed by atoms with Crippen LogP contribution in [0.2, 0.25) is 0 Å². The first-order chi connectivity index (χ1) is 14.9. The number of fused-ring (bicyclic) bond motifs is 1. The van der Waals surface area contributed by atoms with Crippen molar-refractivity contribution >= 4 is 28.4 Å². The van der Waals surface area contributed by atoms with E-state index in [-0.39, 0.29) is 23.6 Å². The van der Waals surface area contributed by atoms with Gasteiger partial charge in [-0.25, -0.2) is 4.79 Å². The molecule has 0 spiro atoms. The lowest BCUT2D eigenvalue weighted by molar-refractivity contribution is -0.384. The minimum atomic E-state index is -0.590. The van der Waals surface area contributed by atoms with Crippen molar-refractivity contribution in [3.8, 4) is 0 Å². The Morgan fingerprint density at radius 1 is 1.26 bits per heavy atom. The Labute approximate surface area is 179 Å². The molecular formula is C22H26N4O5. The molecule has 2 aromatic carbocycles. The Kier molecular flexibility index (Phi) is 7.07. The average molecular weight is 426 g/mol. The number of hydrogen-bond donors (Lipinski definition) is 1. The molecule has 0 radical (unpaired) electrons. The number of nitrogens with zero attached hydrogens (tertiary/aromatic N) is 3. The summed E-state index contributed by atoms with van der Waals surface area (Å²) in [7, 11) is 0. The summed E-state index contributed by atoms with van der Waals surface area (Å²) in [4.78, 5) is 36.8. The van der Waals surface area contributed by atoms with Crippen molar-refractivity contribution in [3.63, 3.8) is 0 Å². The number of nitro benzene ring substituents is 1. The van der Waals surface area contributed by atoms with Crippen LogP contribution in [0.3, 0.4) is 0 Å². The third-order valence-electron chi connectivity index (χ3n) is 5.19. The third kappa shape index (κ3) is 5.30. The van der Waals surface area contributed by atoms with Crippen molar-refractivity contribution in [1.82, 2.24) is 9.88 Å². The highest BCUT2D eigenvalue weighted by Crippen LogP contribution is 2.20. The van der Waals surface area contributed by atoms with Crippen LogP contribution in [0.4, 0.5) is 11.4 Å². The molecule has 3 rings (SSSR count). The van der Waals surface area contributed by atoms with Crippen molar-refractivity contribution in [1.29, 1.82) is 0 Å². The molecule has 0 aliphatic heterocycles. The Bertz CT molecular complexity index is 1130. The number of likely N-dealkylation sites (N-methyl/N-ethyl adjacent to an activating group) is 1. The summed E-state index contributed by atoms with van der Waals surface area (Å²) in [5, 5.41) is 13.8. The summed E-state index contributed by atoms with van der Waals surface area (Å²) in [5.74, 6) is -0.676. The van der Waals surface area contributed by atoms with Crippen LogP contribution in [0.15, 0.2) is 51.7 Å². The lowest BCUT2D eigenvalue weighted by Crippen LogP contribution is -2.35.